The number of benzene rings is 1. The highest BCUT2D eigenvalue weighted by atomic mass is 32.2. The second-order valence-corrected chi connectivity index (χ2v) is 6.82. The second kappa shape index (κ2) is 7.56. The predicted molar refractivity (Wildman–Crippen MR) is 81.6 cm³/mol. The van der Waals surface area contributed by atoms with Crippen LogP contribution in [0.1, 0.15) is 38.7 Å². The molecule has 0 fully saturated rings. The van der Waals surface area contributed by atoms with E-state index in [1.807, 2.05) is 12.1 Å². The fourth-order valence-electron chi connectivity index (χ4n) is 1.93. The first-order chi connectivity index (χ1) is 9.86. The van der Waals surface area contributed by atoms with Crippen molar-refractivity contribution in [1.29, 1.82) is 0 Å². The first-order valence-electron chi connectivity index (χ1n) is 7.03. The molecule has 0 heterocycles. The van der Waals surface area contributed by atoms with Gasteiger partial charge in [0.2, 0.25) is 10.0 Å². The molecule has 0 aromatic heterocycles. The second-order valence-electron chi connectivity index (χ2n) is 4.89. The molecule has 1 aromatic carbocycles. The van der Waals surface area contributed by atoms with E-state index < -0.39 is 16.0 Å². The number of likely N-dealkylation sites (N-methyl/N-ethyl adjacent to an activating group) is 1. The van der Waals surface area contributed by atoms with Gasteiger partial charge in [-0.1, -0.05) is 32.9 Å². The fraction of sp³-hybridized carbons (Fsp3) is 0.533. The first kappa shape index (κ1) is 17.7. The summed E-state index contributed by atoms with van der Waals surface area (Å²) in [5.74, 6) is -0.184. The number of hydrogen-bond donors (Lipinski definition) is 0. The zero-order chi connectivity index (χ0) is 16.0. The molecule has 118 valence electrons. The third kappa shape index (κ3) is 4.28. The van der Waals surface area contributed by atoms with E-state index in [9.17, 15) is 13.2 Å². The standard InChI is InChI=1S/C15H23NO4S/c1-5-12(3)13-7-9-14(10-8-13)21(18,19)16(6-2)11-15(17)20-4/h7-10,12H,5-6,11H2,1-4H3. The maximum atomic E-state index is 12.5. The maximum Gasteiger partial charge on any atom is 0.321 e. The Morgan fingerprint density at radius 3 is 2.24 bits per heavy atom. The van der Waals surface area contributed by atoms with Crippen molar-refractivity contribution in [2.24, 2.45) is 0 Å². The van der Waals surface area contributed by atoms with E-state index in [1.54, 1.807) is 19.1 Å². The van der Waals surface area contributed by atoms with Crippen LogP contribution in [0.25, 0.3) is 0 Å². The van der Waals surface area contributed by atoms with E-state index in [0.717, 1.165) is 16.3 Å². The van der Waals surface area contributed by atoms with E-state index in [2.05, 4.69) is 18.6 Å². The summed E-state index contributed by atoms with van der Waals surface area (Å²) in [6, 6.07) is 6.84. The molecule has 0 radical (unpaired) electrons. The molecule has 1 atom stereocenters. The van der Waals surface area contributed by atoms with Crippen LogP contribution in [0.15, 0.2) is 29.2 Å². The van der Waals surface area contributed by atoms with Gasteiger partial charge in [0.05, 0.1) is 12.0 Å². The van der Waals surface area contributed by atoms with Gasteiger partial charge in [-0.2, -0.15) is 4.31 Å². The summed E-state index contributed by atoms with van der Waals surface area (Å²) in [7, 11) is -2.43. The Balaban J connectivity index is 3.03. The number of rotatable bonds is 7. The van der Waals surface area contributed by atoms with Crippen LogP contribution in [0.4, 0.5) is 0 Å². The van der Waals surface area contributed by atoms with E-state index in [1.165, 1.54) is 7.11 Å². The molecule has 0 saturated heterocycles. The van der Waals surface area contributed by atoms with Gasteiger partial charge in [-0.3, -0.25) is 4.79 Å². The van der Waals surface area contributed by atoms with Crippen LogP contribution in [0.3, 0.4) is 0 Å². The van der Waals surface area contributed by atoms with Crippen molar-refractivity contribution < 1.29 is 17.9 Å². The predicted octanol–water partition coefficient (Wildman–Crippen LogP) is 2.38. The molecule has 0 spiro atoms. The van der Waals surface area contributed by atoms with Gasteiger partial charge in [-0.25, -0.2) is 8.42 Å². The van der Waals surface area contributed by atoms with Gasteiger partial charge < -0.3 is 4.74 Å². The minimum Gasteiger partial charge on any atom is -0.468 e. The van der Waals surface area contributed by atoms with Crippen molar-refractivity contribution >= 4 is 16.0 Å². The fourth-order valence-corrected chi connectivity index (χ4v) is 3.32. The Labute approximate surface area is 127 Å². The Kier molecular flexibility index (Phi) is 6.36. The van der Waals surface area contributed by atoms with Crippen LogP contribution in [-0.4, -0.2) is 38.9 Å². The normalized spacial score (nSPS) is 13.2. The topological polar surface area (TPSA) is 63.7 Å². The SMILES string of the molecule is CCC(C)c1ccc(S(=O)(=O)N(CC)CC(=O)OC)cc1. The average molecular weight is 313 g/mol. The highest BCUT2D eigenvalue weighted by molar-refractivity contribution is 7.89. The van der Waals surface area contributed by atoms with Gasteiger partial charge in [0.15, 0.2) is 0 Å². The van der Waals surface area contributed by atoms with Gasteiger partial charge in [0.25, 0.3) is 0 Å². The third-order valence-electron chi connectivity index (χ3n) is 3.59. The van der Waals surface area contributed by atoms with Crippen molar-refractivity contribution in [3.05, 3.63) is 29.8 Å². The zero-order valence-electron chi connectivity index (χ0n) is 13.0. The average Bonchev–Trinajstić information content (AvgIpc) is 2.51. The number of sulfonamides is 1. The van der Waals surface area contributed by atoms with E-state index in [4.69, 9.17) is 0 Å². The molecular formula is C15H23NO4S. The summed E-state index contributed by atoms with van der Waals surface area (Å²) < 4.78 is 30.6. The Morgan fingerprint density at radius 2 is 1.81 bits per heavy atom. The van der Waals surface area contributed by atoms with Gasteiger partial charge in [-0.05, 0) is 30.0 Å². The lowest BCUT2D eigenvalue weighted by Gasteiger charge is -2.19. The van der Waals surface area contributed by atoms with Crippen LogP contribution in [-0.2, 0) is 19.6 Å². The number of nitrogens with zero attached hydrogens (tertiary/aromatic N) is 1. The summed E-state index contributed by atoms with van der Waals surface area (Å²) in [5, 5.41) is 0. The van der Waals surface area contributed by atoms with Crippen LogP contribution in [0.5, 0.6) is 0 Å². The number of ether oxygens (including phenoxy) is 1. The lowest BCUT2D eigenvalue weighted by atomic mass is 9.99. The summed E-state index contributed by atoms with van der Waals surface area (Å²) >= 11 is 0. The van der Waals surface area contributed by atoms with Crippen LogP contribution in [0, 0.1) is 0 Å². The van der Waals surface area contributed by atoms with Crippen LogP contribution in [0.2, 0.25) is 0 Å². The molecule has 6 heteroatoms. The van der Waals surface area contributed by atoms with Gasteiger partial charge in [0.1, 0.15) is 6.54 Å². The van der Waals surface area contributed by atoms with Crippen LogP contribution >= 0.6 is 0 Å². The smallest absolute Gasteiger partial charge is 0.321 e. The summed E-state index contributed by atoms with van der Waals surface area (Å²) in [4.78, 5) is 11.5. The molecule has 1 rings (SSSR count). The molecule has 0 amide bonds. The van der Waals surface area contributed by atoms with E-state index in [0.29, 0.717) is 5.92 Å². The Morgan fingerprint density at radius 1 is 1.24 bits per heavy atom. The van der Waals surface area contributed by atoms with Crippen molar-refractivity contribution in [2.45, 2.75) is 38.0 Å². The number of esters is 1. The van der Waals surface area contributed by atoms with E-state index >= 15 is 0 Å². The number of hydrogen-bond acceptors (Lipinski definition) is 4. The molecule has 0 aliphatic carbocycles. The van der Waals surface area contributed by atoms with Crippen molar-refractivity contribution in [3.8, 4) is 0 Å². The number of carbonyl (C=O) groups excluding carboxylic acids is 1. The molecule has 5 nitrogen and oxygen atoms in total. The monoisotopic (exact) mass is 313 g/mol. The van der Waals surface area contributed by atoms with Gasteiger partial charge in [-0.15, -0.1) is 0 Å². The highest BCUT2D eigenvalue weighted by Crippen LogP contribution is 2.22. The van der Waals surface area contributed by atoms with Crippen LogP contribution < -0.4 is 0 Å². The first-order valence-corrected chi connectivity index (χ1v) is 8.47. The molecule has 0 bridgehead atoms. The largest absolute Gasteiger partial charge is 0.468 e. The number of methoxy groups -OCH3 is 1. The molecule has 0 aliphatic heterocycles. The Bertz CT molecular complexity index is 566. The van der Waals surface area contributed by atoms with Crippen molar-refractivity contribution in [2.75, 3.05) is 20.2 Å². The lowest BCUT2D eigenvalue weighted by Crippen LogP contribution is -2.36. The molecule has 0 aliphatic rings. The molecule has 1 unspecified atom stereocenters. The minimum atomic E-state index is -3.67. The molecule has 0 N–H and O–H groups in total. The zero-order valence-corrected chi connectivity index (χ0v) is 13.8. The quantitative estimate of drug-likeness (QED) is 0.725. The van der Waals surface area contributed by atoms with Crippen molar-refractivity contribution in [3.63, 3.8) is 0 Å². The Hall–Kier alpha value is -1.40. The maximum absolute atomic E-state index is 12.5. The molecule has 1 aromatic rings. The number of carbonyl (C=O) groups is 1. The third-order valence-corrected chi connectivity index (χ3v) is 5.52. The summed E-state index contributed by atoms with van der Waals surface area (Å²) in [6.07, 6.45) is 0.996. The summed E-state index contributed by atoms with van der Waals surface area (Å²) in [6.45, 7) is 5.81. The van der Waals surface area contributed by atoms with Crippen molar-refractivity contribution in [1.82, 2.24) is 4.31 Å². The molecule has 0 saturated carbocycles. The molecular weight excluding hydrogens is 290 g/mol. The summed E-state index contributed by atoms with van der Waals surface area (Å²) in [5.41, 5.74) is 1.10. The van der Waals surface area contributed by atoms with E-state index in [-0.39, 0.29) is 18.0 Å². The van der Waals surface area contributed by atoms with Gasteiger partial charge in [0, 0.05) is 6.54 Å². The van der Waals surface area contributed by atoms with Gasteiger partial charge >= 0.3 is 5.97 Å². The minimum absolute atomic E-state index is 0.195. The highest BCUT2D eigenvalue weighted by Gasteiger charge is 2.25. The molecule has 21 heavy (non-hydrogen) atoms. The lowest BCUT2D eigenvalue weighted by molar-refractivity contribution is -0.140.